The number of rotatable bonds is 3. The van der Waals surface area contributed by atoms with E-state index < -0.39 is 0 Å². The van der Waals surface area contributed by atoms with E-state index >= 15 is 0 Å². The molecular formula is C13H16FNO. The molecule has 0 spiro atoms. The molecule has 0 radical (unpaired) electrons. The number of nitrogens with zero attached hydrogens (tertiary/aromatic N) is 1. The zero-order chi connectivity index (χ0) is 12.1. The van der Waals surface area contributed by atoms with Gasteiger partial charge in [-0.3, -0.25) is 4.99 Å². The molecule has 0 heterocycles. The van der Waals surface area contributed by atoms with Crippen LogP contribution >= 0.6 is 0 Å². The Morgan fingerprint density at radius 3 is 2.31 bits per heavy atom. The fourth-order valence-corrected chi connectivity index (χ4v) is 1.39. The second-order valence-corrected chi connectivity index (χ2v) is 3.88. The normalized spacial score (nSPS) is 13.3. The third-order valence-corrected chi connectivity index (χ3v) is 2.08. The van der Waals surface area contributed by atoms with Gasteiger partial charge in [0.05, 0.1) is 0 Å². The number of hydrogen-bond donors (Lipinski definition) is 1. The Morgan fingerprint density at radius 2 is 1.88 bits per heavy atom. The summed E-state index contributed by atoms with van der Waals surface area (Å²) in [6, 6.07) is 5.90. The van der Waals surface area contributed by atoms with Gasteiger partial charge in [0, 0.05) is 12.6 Å². The first kappa shape index (κ1) is 12.4. The summed E-state index contributed by atoms with van der Waals surface area (Å²) < 4.78 is 12.7. The van der Waals surface area contributed by atoms with Crippen molar-refractivity contribution in [3.63, 3.8) is 0 Å². The number of aliphatic hydroxyl groups excluding tert-OH is 1. The van der Waals surface area contributed by atoms with E-state index in [1.165, 1.54) is 12.1 Å². The maximum Gasteiger partial charge on any atom is 0.137 e. The van der Waals surface area contributed by atoms with Crippen LogP contribution in [0.5, 0.6) is 0 Å². The Morgan fingerprint density at radius 1 is 1.31 bits per heavy atom. The highest BCUT2D eigenvalue weighted by molar-refractivity contribution is 6.10. The van der Waals surface area contributed by atoms with Crippen molar-refractivity contribution in [1.82, 2.24) is 0 Å². The fourth-order valence-electron chi connectivity index (χ4n) is 1.39. The van der Waals surface area contributed by atoms with Crippen LogP contribution < -0.4 is 0 Å². The van der Waals surface area contributed by atoms with E-state index in [1.54, 1.807) is 25.3 Å². The van der Waals surface area contributed by atoms with Crippen molar-refractivity contribution in [2.75, 3.05) is 7.05 Å². The maximum absolute atomic E-state index is 12.7. The summed E-state index contributed by atoms with van der Waals surface area (Å²) in [6.45, 7) is 3.93. The average Bonchev–Trinajstić information content (AvgIpc) is 2.21. The fraction of sp³-hybridized carbons (Fsp3) is 0.308. The SMILES string of the molecule is CN=C(/C(O)=C/C(C)C)c1ccc(F)cc1. The van der Waals surface area contributed by atoms with Crippen molar-refractivity contribution in [2.24, 2.45) is 10.9 Å². The van der Waals surface area contributed by atoms with Crippen LogP contribution in [0.15, 0.2) is 41.1 Å². The summed E-state index contributed by atoms with van der Waals surface area (Å²) >= 11 is 0. The maximum atomic E-state index is 12.7. The first-order valence-electron chi connectivity index (χ1n) is 5.18. The summed E-state index contributed by atoms with van der Waals surface area (Å²) in [7, 11) is 1.60. The molecule has 1 rings (SSSR count). The van der Waals surface area contributed by atoms with Gasteiger partial charge in [-0.15, -0.1) is 0 Å². The van der Waals surface area contributed by atoms with E-state index in [1.807, 2.05) is 13.8 Å². The van der Waals surface area contributed by atoms with Gasteiger partial charge in [0.1, 0.15) is 17.3 Å². The van der Waals surface area contributed by atoms with Crippen molar-refractivity contribution < 1.29 is 9.50 Å². The Bertz CT molecular complexity index is 404. The molecule has 0 saturated heterocycles. The lowest BCUT2D eigenvalue weighted by Crippen LogP contribution is -2.06. The van der Waals surface area contributed by atoms with Crippen molar-refractivity contribution in [3.05, 3.63) is 47.5 Å². The van der Waals surface area contributed by atoms with Gasteiger partial charge >= 0.3 is 0 Å². The van der Waals surface area contributed by atoms with Crippen LogP contribution in [0.1, 0.15) is 19.4 Å². The van der Waals surface area contributed by atoms with Gasteiger partial charge in [0.2, 0.25) is 0 Å². The zero-order valence-corrected chi connectivity index (χ0v) is 9.74. The largest absolute Gasteiger partial charge is 0.506 e. The quantitative estimate of drug-likeness (QED) is 0.616. The smallest absolute Gasteiger partial charge is 0.137 e. The van der Waals surface area contributed by atoms with Gasteiger partial charge in [-0.2, -0.15) is 0 Å². The Hall–Kier alpha value is -1.64. The van der Waals surface area contributed by atoms with E-state index in [0.29, 0.717) is 11.3 Å². The lowest BCUT2D eigenvalue weighted by atomic mass is 10.1. The van der Waals surface area contributed by atoms with Crippen LogP contribution in [0.3, 0.4) is 0 Å². The highest BCUT2D eigenvalue weighted by Gasteiger charge is 2.08. The predicted octanol–water partition coefficient (Wildman–Crippen LogP) is 3.34. The summed E-state index contributed by atoms with van der Waals surface area (Å²) in [5.74, 6) is 0.0628. The molecule has 0 aromatic heterocycles. The summed E-state index contributed by atoms with van der Waals surface area (Å²) in [5.41, 5.74) is 1.19. The van der Waals surface area contributed by atoms with Crippen molar-refractivity contribution in [2.45, 2.75) is 13.8 Å². The molecule has 3 heteroatoms. The molecule has 0 aliphatic rings. The molecule has 0 fully saturated rings. The third kappa shape index (κ3) is 3.19. The molecule has 0 amide bonds. The predicted molar refractivity (Wildman–Crippen MR) is 64.4 cm³/mol. The number of aliphatic hydroxyl groups is 1. The molecule has 0 atom stereocenters. The minimum Gasteiger partial charge on any atom is -0.506 e. The highest BCUT2D eigenvalue weighted by atomic mass is 19.1. The number of allylic oxidation sites excluding steroid dienone is 2. The van der Waals surface area contributed by atoms with Crippen LogP contribution in [-0.2, 0) is 0 Å². The molecule has 0 bridgehead atoms. The molecule has 1 N–H and O–H groups in total. The molecular weight excluding hydrogens is 205 g/mol. The molecule has 86 valence electrons. The van der Waals surface area contributed by atoms with Crippen LogP contribution in [0.25, 0.3) is 0 Å². The molecule has 0 saturated carbocycles. The molecule has 0 aliphatic carbocycles. The van der Waals surface area contributed by atoms with Gasteiger partial charge in [-0.1, -0.05) is 13.8 Å². The van der Waals surface area contributed by atoms with E-state index in [9.17, 15) is 9.50 Å². The van der Waals surface area contributed by atoms with Gasteiger partial charge in [0.15, 0.2) is 0 Å². The molecule has 2 nitrogen and oxygen atoms in total. The van der Waals surface area contributed by atoms with Crippen molar-refractivity contribution in [3.8, 4) is 0 Å². The number of aliphatic imine (C=N–C) groups is 1. The lowest BCUT2D eigenvalue weighted by molar-refractivity contribution is 0.437. The van der Waals surface area contributed by atoms with Crippen LogP contribution in [0.4, 0.5) is 4.39 Å². The molecule has 1 aromatic carbocycles. The summed E-state index contributed by atoms with van der Waals surface area (Å²) in [5, 5.41) is 9.84. The Labute approximate surface area is 95.2 Å². The highest BCUT2D eigenvalue weighted by Crippen LogP contribution is 2.11. The average molecular weight is 221 g/mol. The Kier molecular flexibility index (Phi) is 4.23. The number of hydrogen-bond acceptors (Lipinski definition) is 2. The standard InChI is InChI=1S/C13H16FNO/c1-9(2)8-12(16)13(15-3)10-4-6-11(14)7-5-10/h4-9,16H,1-3H3/b12-8-,15-13?. The molecule has 0 aliphatic heterocycles. The molecule has 1 aromatic rings. The first-order valence-corrected chi connectivity index (χ1v) is 5.18. The second kappa shape index (κ2) is 5.45. The summed E-state index contributed by atoms with van der Waals surface area (Å²) in [6.07, 6.45) is 1.71. The van der Waals surface area contributed by atoms with Crippen LogP contribution in [0.2, 0.25) is 0 Å². The molecule has 16 heavy (non-hydrogen) atoms. The number of benzene rings is 1. The number of halogens is 1. The first-order chi connectivity index (χ1) is 7.54. The van der Waals surface area contributed by atoms with E-state index in [2.05, 4.69) is 4.99 Å². The zero-order valence-electron chi connectivity index (χ0n) is 9.74. The monoisotopic (exact) mass is 221 g/mol. The minimum atomic E-state index is -0.300. The van der Waals surface area contributed by atoms with Gasteiger partial charge in [-0.25, -0.2) is 4.39 Å². The Balaban J connectivity index is 3.05. The van der Waals surface area contributed by atoms with Gasteiger partial charge in [0.25, 0.3) is 0 Å². The summed E-state index contributed by atoms with van der Waals surface area (Å²) in [4.78, 5) is 4.02. The van der Waals surface area contributed by atoms with Gasteiger partial charge < -0.3 is 5.11 Å². The van der Waals surface area contributed by atoms with Crippen LogP contribution in [0, 0.1) is 11.7 Å². The third-order valence-electron chi connectivity index (χ3n) is 2.08. The van der Waals surface area contributed by atoms with E-state index in [4.69, 9.17) is 0 Å². The minimum absolute atomic E-state index is 0.129. The molecule has 0 unspecified atom stereocenters. The van der Waals surface area contributed by atoms with Crippen LogP contribution in [-0.4, -0.2) is 17.9 Å². The van der Waals surface area contributed by atoms with Crippen molar-refractivity contribution >= 4 is 5.71 Å². The topological polar surface area (TPSA) is 32.6 Å². The van der Waals surface area contributed by atoms with Gasteiger partial charge in [-0.05, 0) is 36.3 Å². The second-order valence-electron chi connectivity index (χ2n) is 3.88. The lowest BCUT2D eigenvalue weighted by Gasteiger charge is -2.06. The van der Waals surface area contributed by atoms with Crippen molar-refractivity contribution in [1.29, 1.82) is 0 Å². The van der Waals surface area contributed by atoms with E-state index in [-0.39, 0.29) is 17.5 Å². The van der Waals surface area contributed by atoms with E-state index in [0.717, 1.165) is 0 Å².